The Bertz CT molecular complexity index is 428. The Labute approximate surface area is 97.4 Å². The van der Waals surface area contributed by atoms with Gasteiger partial charge in [-0.2, -0.15) is 0 Å². The Hall–Kier alpha value is -1.80. The summed E-state index contributed by atoms with van der Waals surface area (Å²) in [6.45, 7) is 0.881. The molecule has 0 saturated heterocycles. The minimum absolute atomic E-state index is 0. The summed E-state index contributed by atoms with van der Waals surface area (Å²) in [5, 5.41) is 3.11. The standard InChI is InChI=1S/C14H15NO.H2/c1-15-11-12-7-9-14(10-8-12)16-13-5-3-2-4-6-13;/h2-10,15H,11H2,1H3;1H. The van der Waals surface area contributed by atoms with Crippen LogP contribution in [-0.4, -0.2) is 7.05 Å². The van der Waals surface area contributed by atoms with Crippen LogP contribution in [0, 0.1) is 0 Å². The van der Waals surface area contributed by atoms with E-state index in [0.29, 0.717) is 0 Å². The lowest BCUT2D eigenvalue weighted by molar-refractivity contribution is 0.482. The molecular weight excluding hydrogens is 198 g/mol. The van der Waals surface area contributed by atoms with E-state index in [1.54, 1.807) is 0 Å². The van der Waals surface area contributed by atoms with Gasteiger partial charge < -0.3 is 10.1 Å². The van der Waals surface area contributed by atoms with Crippen molar-refractivity contribution in [1.29, 1.82) is 0 Å². The minimum Gasteiger partial charge on any atom is -0.457 e. The number of nitrogens with one attached hydrogen (secondary N) is 1. The van der Waals surface area contributed by atoms with Gasteiger partial charge in [0.05, 0.1) is 0 Å². The van der Waals surface area contributed by atoms with Gasteiger partial charge in [-0.05, 0) is 36.9 Å². The van der Waals surface area contributed by atoms with Gasteiger partial charge >= 0.3 is 0 Å². The van der Waals surface area contributed by atoms with Crippen molar-refractivity contribution in [3.63, 3.8) is 0 Å². The Morgan fingerprint density at radius 2 is 1.56 bits per heavy atom. The Balaban J connectivity index is 0.00000144. The zero-order chi connectivity index (χ0) is 11.2. The van der Waals surface area contributed by atoms with Crippen molar-refractivity contribution in [2.75, 3.05) is 7.05 Å². The second-order valence-electron chi connectivity index (χ2n) is 3.59. The first-order valence-electron chi connectivity index (χ1n) is 5.35. The van der Waals surface area contributed by atoms with Crippen LogP contribution in [-0.2, 0) is 6.54 Å². The highest BCUT2D eigenvalue weighted by Gasteiger charge is 1.96. The molecule has 84 valence electrons. The number of hydrogen-bond acceptors (Lipinski definition) is 2. The van der Waals surface area contributed by atoms with E-state index in [1.807, 2.05) is 49.5 Å². The third kappa shape index (κ3) is 2.84. The number of hydrogen-bond donors (Lipinski definition) is 1. The van der Waals surface area contributed by atoms with Gasteiger partial charge in [-0.1, -0.05) is 30.3 Å². The Morgan fingerprint density at radius 3 is 2.19 bits per heavy atom. The molecule has 0 aliphatic heterocycles. The van der Waals surface area contributed by atoms with Crippen LogP contribution in [0.1, 0.15) is 6.99 Å². The predicted molar refractivity (Wildman–Crippen MR) is 67.8 cm³/mol. The van der Waals surface area contributed by atoms with E-state index in [1.165, 1.54) is 5.56 Å². The lowest BCUT2D eigenvalue weighted by Gasteiger charge is -2.06. The quantitative estimate of drug-likeness (QED) is 0.843. The normalized spacial score (nSPS) is 10.1. The Morgan fingerprint density at radius 1 is 0.938 bits per heavy atom. The van der Waals surface area contributed by atoms with Gasteiger partial charge in [-0.3, -0.25) is 0 Å². The SMILES string of the molecule is CNCc1ccc(Oc2ccccc2)cc1.[HH]. The summed E-state index contributed by atoms with van der Waals surface area (Å²) in [4.78, 5) is 0. The lowest BCUT2D eigenvalue weighted by Crippen LogP contribution is -2.04. The first-order valence-corrected chi connectivity index (χ1v) is 5.35. The minimum atomic E-state index is 0. The van der Waals surface area contributed by atoms with E-state index in [2.05, 4.69) is 17.4 Å². The summed E-state index contributed by atoms with van der Waals surface area (Å²) >= 11 is 0. The molecule has 1 N–H and O–H groups in total. The summed E-state index contributed by atoms with van der Waals surface area (Å²) in [6.07, 6.45) is 0. The van der Waals surface area contributed by atoms with Crippen molar-refractivity contribution in [3.8, 4) is 11.5 Å². The molecule has 0 bridgehead atoms. The van der Waals surface area contributed by atoms with E-state index in [-0.39, 0.29) is 1.43 Å². The summed E-state index contributed by atoms with van der Waals surface area (Å²) < 4.78 is 5.69. The average Bonchev–Trinajstić information content (AvgIpc) is 2.33. The zero-order valence-corrected chi connectivity index (χ0v) is 9.31. The highest BCUT2D eigenvalue weighted by atomic mass is 16.5. The first-order chi connectivity index (χ1) is 7.88. The van der Waals surface area contributed by atoms with Gasteiger partial charge in [-0.15, -0.1) is 0 Å². The molecule has 0 heterocycles. The number of ether oxygens (including phenoxy) is 1. The molecule has 2 aromatic carbocycles. The largest absolute Gasteiger partial charge is 0.457 e. The molecule has 0 aromatic heterocycles. The zero-order valence-electron chi connectivity index (χ0n) is 9.31. The molecule has 0 amide bonds. The van der Waals surface area contributed by atoms with Crippen molar-refractivity contribution in [3.05, 3.63) is 60.2 Å². The molecule has 2 aromatic rings. The smallest absolute Gasteiger partial charge is 0.127 e. The summed E-state index contributed by atoms with van der Waals surface area (Å²) in [5.41, 5.74) is 1.25. The maximum Gasteiger partial charge on any atom is 0.127 e. The van der Waals surface area contributed by atoms with Crippen molar-refractivity contribution in [2.45, 2.75) is 6.54 Å². The second kappa shape index (κ2) is 5.33. The number of para-hydroxylation sites is 1. The van der Waals surface area contributed by atoms with Crippen LogP contribution in [0.15, 0.2) is 54.6 Å². The van der Waals surface area contributed by atoms with Gasteiger partial charge in [0.15, 0.2) is 0 Å². The van der Waals surface area contributed by atoms with Crippen molar-refractivity contribution in [2.24, 2.45) is 0 Å². The first kappa shape index (κ1) is 10.7. The fourth-order valence-electron chi connectivity index (χ4n) is 1.50. The molecule has 0 saturated carbocycles. The molecular formula is C14H17NO. The van der Waals surface area contributed by atoms with E-state index < -0.39 is 0 Å². The highest BCUT2D eigenvalue weighted by molar-refractivity contribution is 5.32. The van der Waals surface area contributed by atoms with Gasteiger partial charge in [0, 0.05) is 7.97 Å². The van der Waals surface area contributed by atoms with Crippen LogP contribution in [0.4, 0.5) is 0 Å². The molecule has 0 spiro atoms. The van der Waals surface area contributed by atoms with Gasteiger partial charge in [-0.25, -0.2) is 0 Å². The van der Waals surface area contributed by atoms with Crippen LogP contribution >= 0.6 is 0 Å². The maximum atomic E-state index is 5.69. The fraction of sp³-hybridized carbons (Fsp3) is 0.143. The maximum absolute atomic E-state index is 5.69. The molecule has 0 radical (unpaired) electrons. The number of benzene rings is 2. The molecule has 0 unspecified atom stereocenters. The third-order valence-corrected chi connectivity index (χ3v) is 2.28. The molecule has 0 aliphatic rings. The van der Waals surface area contributed by atoms with Gasteiger partial charge in [0.25, 0.3) is 0 Å². The van der Waals surface area contributed by atoms with Crippen molar-refractivity contribution in [1.82, 2.24) is 5.32 Å². The van der Waals surface area contributed by atoms with Crippen molar-refractivity contribution >= 4 is 0 Å². The molecule has 0 aliphatic carbocycles. The lowest BCUT2D eigenvalue weighted by atomic mass is 10.2. The molecule has 2 heteroatoms. The van der Waals surface area contributed by atoms with Crippen LogP contribution in [0.3, 0.4) is 0 Å². The summed E-state index contributed by atoms with van der Waals surface area (Å²) in [5.74, 6) is 1.73. The van der Waals surface area contributed by atoms with Crippen LogP contribution in [0.5, 0.6) is 11.5 Å². The van der Waals surface area contributed by atoms with Crippen LogP contribution in [0.2, 0.25) is 0 Å². The predicted octanol–water partition coefficient (Wildman–Crippen LogP) is 3.44. The van der Waals surface area contributed by atoms with Gasteiger partial charge in [0.1, 0.15) is 11.5 Å². The van der Waals surface area contributed by atoms with Crippen LogP contribution in [0.25, 0.3) is 0 Å². The second-order valence-corrected chi connectivity index (χ2v) is 3.59. The molecule has 0 atom stereocenters. The molecule has 16 heavy (non-hydrogen) atoms. The van der Waals surface area contributed by atoms with E-state index >= 15 is 0 Å². The highest BCUT2D eigenvalue weighted by Crippen LogP contribution is 2.20. The monoisotopic (exact) mass is 215 g/mol. The van der Waals surface area contributed by atoms with E-state index in [9.17, 15) is 0 Å². The molecule has 2 nitrogen and oxygen atoms in total. The van der Waals surface area contributed by atoms with Crippen LogP contribution < -0.4 is 10.1 Å². The van der Waals surface area contributed by atoms with Crippen molar-refractivity contribution < 1.29 is 6.16 Å². The van der Waals surface area contributed by atoms with E-state index in [4.69, 9.17) is 4.74 Å². The summed E-state index contributed by atoms with van der Waals surface area (Å²) in [7, 11) is 1.94. The molecule has 2 rings (SSSR count). The fourth-order valence-corrected chi connectivity index (χ4v) is 1.50. The van der Waals surface area contributed by atoms with E-state index in [0.717, 1.165) is 18.0 Å². The Kier molecular flexibility index (Phi) is 3.57. The third-order valence-electron chi connectivity index (χ3n) is 2.28. The number of rotatable bonds is 4. The summed E-state index contributed by atoms with van der Waals surface area (Å²) in [6, 6.07) is 17.9. The topological polar surface area (TPSA) is 21.3 Å². The average molecular weight is 215 g/mol. The molecule has 0 fully saturated rings. The van der Waals surface area contributed by atoms with Gasteiger partial charge in [0.2, 0.25) is 0 Å².